The molecule has 3 aromatic rings. The standard InChI is InChI=1S/C21H18ClN3O4S/c22-16-4-5-18(17(9-16)20(28)15-10-23-24-11-15)25-21(29)14-3-1-2-13(8-14)12-30-7-6-19(26)27/h1-5,8-11H,6-7,12H2,(H,23,24)(H,25,29)(H,26,27). The lowest BCUT2D eigenvalue weighted by Crippen LogP contribution is -2.15. The van der Waals surface area contributed by atoms with Crippen LogP contribution >= 0.6 is 23.4 Å². The number of carbonyl (C=O) groups is 3. The number of hydrogen-bond acceptors (Lipinski definition) is 5. The molecule has 0 aliphatic rings. The number of aromatic amines is 1. The summed E-state index contributed by atoms with van der Waals surface area (Å²) in [5, 5.41) is 18.2. The van der Waals surface area contributed by atoms with Crippen molar-refractivity contribution in [1.29, 1.82) is 0 Å². The van der Waals surface area contributed by atoms with Gasteiger partial charge >= 0.3 is 5.97 Å². The largest absolute Gasteiger partial charge is 0.481 e. The van der Waals surface area contributed by atoms with E-state index in [1.54, 1.807) is 30.3 Å². The molecule has 0 radical (unpaired) electrons. The predicted molar refractivity (Wildman–Crippen MR) is 116 cm³/mol. The minimum Gasteiger partial charge on any atom is -0.481 e. The summed E-state index contributed by atoms with van der Waals surface area (Å²) in [6.45, 7) is 0. The van der Waals surface area contributed by atoms with Crippen LogP contribution in [-0.2, 0) is 10.5 Å². The smallest absolute Gasteiger partial charge is 0.304 e. The summed E-state index contributed by atoms with van der Waals surface area (Å²) >= 11 is 7.53. The van der Waals surface area contributed by atoms with Crippen LogP contribution in [0.1, 0.15) is 38.3 Å². The maximum absolute atomic E-state index is 12.8. The molecule has 0 saturated carbocycles. The maximum Gasteiger partial charge on any atom is 0.304 e. The average molecular weight is 444 g/mol. The van der Waals surface area contributed by atoms with Gasteiger partial charge in [-0.2, -0.15) is 16.9 Å². The van der Waals surface area contributed by atoms with Crippen molar-refractivity contribution >= 4 is 46.7 Å². The Hall–Kier alpha value is -3.10. The van der Waals surface area contributed by atoms with Crippen LogP contribution in [0.4, 0.5) is 5.69 Å². The SMILES string of the molecule is O=C(O)CCSCc1cccc(C(=O)Nc2ccc(Cl)cc2C(=O)c2cn[nH]c2)c1. The Kier molecular flexibility index (Phi) is 7.26. The summed E-state index contributed by atoms with van der Waals surface area (Å²) in [4.78, 5) is 36.1. The van der Waals surface area contributed by atoms with E-state index in [-0.39, 0.29) is 23.7 Å². The van der Waals surface area contributed by atoms with Gasteiger partial charge in [-0.05, 0) is 35.9 Å². The highest BCUT2D eigenvalue weighted by atomic mass is 35.5. The number of aliphatic carboxylic acids is 1. The predicted octanol–water partition coefficient (Wildman–Crippen LogP) is 4.25. The van der Waals surface area contributed by atoms with E-state index in [0.717, 1.165) is 5.56 Å². The molecule has 0 fully saturated rings. The van der Waals surface area contributed by atoms with Gasteiger partial charge in [0.05, 0.1) is 23.9 Å². The van der Waals surface area contributed by atoms with Crippen LogP contribution < -0.4 is 5.32 Å². The number of H-pyrrole nitrogens is 1. The zero-order valence-electron chi connectivity index (χ0n) is 15.7. The van der Waals surface area contributed by atoms with Crippen molar-refractivity contribution in [1.82, 2.24) is 10.2 Å². The van der Waals surface area contributed by atoms with Crippen molar-refractivity contribution in [3.05, 3.63) is 82.1 Å². The molecule has 1 aromatic heterocycles. The zero-order chi connectivity index (χ0) is 21.5. The highest BCUT2D eigenvalue weighted by Gasteiger charge is 2.17. The number of carbonyl (C=O) groups excluding carboxylic acids is 2. The molecule has 3 N–H and O–H groups in total. The van der Waals surface area contributed by atoms with Crippen molar-refractivity contribution in [2.24, 2.45) is 0 Å². The third-order valence-electron chi connectivity index (χ3n) is 4.15. The summed E-state index contributed by atoms with van der Waals surface area (Å²) in [6.07, 6.45) is 2.97. The number of anilines is 1. The van der Waals surface area contributed by atoms with Gasteiger partial charge in [-0.3, -0.25) is 19.5 Å². The van der Waals surface area contributed by atoms with Crippen LogP contribution in [0.25, 0.3) is 0 Å². The fourth-order valence-corrected chi connectivity index (χ4v) is 3.74. The van der Waals surface area contributed by atoms with E-state index in [4.69, 9.17) is 16.7 Å². The van der Waals surface area contributed by atoms with E-state index in [9.17, 15) is 14.4 Å². The highest BCUT2D eigenvalue weighted by molar-refractivity contribution is 7.98. The lowest BCUT2D eigenvalue weighted by atomic mass is 10.0. The van der Waals surface area contributed by atoms with Crippen molar-refractivity contribution in [3.63, 3.8) is 0 Å². The number of thioether (sulfide) groups is 1. The fraction of sp³-hybridized carbons (Fsp3) is 0.143. The van der Waals surface area contributed by atoms with Gasteiger partial charge in [0, 0.05) is 33.9 Å². The lowest BCUT2D eigenvalue weighted by Gasteiger charge is -2.11. The molecule has 0 aliphatic carbocycles. The first-order chi connectivity index (χ1) is 14.4. The number of rotatable bonds is 9. The summed E-state index contributed by atoms with van der Waals surface area (Å²) in [5.74, 6) is -0.421. The third-order valence-corrected chi connectivity index (χ3v) is 5.42. The molecule has 0 atom stereocenters. The molecule has 1 amide bonds. The van der Waals surface area contributed by atoms with Gasteiger partial charge in [0.2, 0.25) is 0 Å². The molecule has 9 heteroatoms. The normalized spacial score (nSPS) is 10.6. The van der Waals surface area contributed by atoms with E-state index < -0.39 is 5.97 Å². The van der Waals surface area contributed by atoms with Gasteiger partial charge < -0.3 is 10.4 Å². The van der Waals surface area contributed by atoms with Crippen LogP contribution in [0.5, 0.6) is 0 Å². The van der Waals surface area contributed by atoms with E-state index in [1.807, 2.05) is 6.07 Å². The average Bonchev–Trinajstić information content (AvgIpc) is 3.27. The Bertz CT molecular complexity index is 1070. The van der Waals surface area contributed by atoms with Crippen LogP contribution in [0.3, 0.4) is 0 Å². The molecule has 154 valence electrons. The van der Waals surface area contributed by atoms with Gasteiger partial charge in [0.15, 0.2) is 5.78 Å². The summed E-state index contributed by atoms with van der Waals surface area (Å²) in [7, 11) is 0. The van der Waals surface area contributed by atoms with Crippen LogP contribution in [0.2, 0.25) is 5.02 Å². The first-order valence-electron chi connectivity index (χ1n) is 8.97. The Morgan fingerprint density at radius 3 is 2.70 bits per heavy atom. The van der Waals surface area contributed by atoms with Gasteiger partial charge in [-0.1, -0.05) is 23.7 Å². The number of halogens is 1. The molecule has 7 nitrogen and oxygen atoms in total. The lowest BCUT2D eigenvalue weighted by molar-refractivity contribution is -0.136. The van der Waals surface area contributed by atoms with Gasteiger partial charge in [-0.25, -0.2) is 0 Å². The van der Waals surface area contributed by atoms with E-state index in [2.05, 4.69) is 15.5 Å². The number of nitrogens with zero attached hydrogens (tertiary/aromatic N) is 1. The number of aromatic nitrogens is 2. The summed E-state index contributed by atoms with van der Waals surface area (Å²) in [6, 6.07) is 11.7. The van der Waals surface area contributed by atoms with Crippen LogP contribution in [0.15, 0.2) is 54.9 Å². The molecule has 2 aromatic carbocycles. The quantitative estimate of drug-likeness (QED) is 0.336. The number of ketones is 1. The van der Waals surface area contributed by atoms with Crippen LogP contribution in [-0.4, -0.2) is 38.7 Å². The molecule has 3 rings (SSSR count). The minimum atomic E-state index is -0.834. The number of nitrogens with one attached hydrogen (secondary N) is 2. The van der Waals surface area contributed by atoms with E-state index in [0.29, 0.717) is 33.3 Å². The molecule has 0 saturated heterocycles. The first kappa shape index (κ1) is 21.6. The monoisotopic (exact) mass is 443 g/mol. The van der Waals surface area contributed by atoms with Crippen molar-refractivity contribution in [2.45, 2.75) is 12.2 Å². The molecule has 0 bridgehead atoms. The Balaban J connectivity index is 1.74. The number of carboxylic acid groups (broad SMARTS) is 1. The molecule has 0 aliphatic heterocycles. The summed E-state index contributed by atoms with van der Waals surface area (Å²) < 4.78 is 0. The Morgan fingerprint density at radius 1 is 1.13 bits per heavy atom. The molecule has 30 heavy (non-hydrogen) atoms. The second kappa shape index (κ2) is 10.1. The van der Waals surface area contributed by atoms with E-state index >= 15 is 0 Å². The molecule has 1 heterocycles. The van der Waals surface area contributed by atoms with Gasteiger partial charge in [-0.15, -0.1) is 0 Å². The van der Waals surface area contributed by atoms with Crippen molar-refractivity contribution < 1.29 is 19.5 Å². The zero-order valence-corrected chi connectivity index (χ0v) is 17.3. The van der Waals surface area contributed by atoms with Gasteiger partial charge in [0.25, 0.3) is 5.91 Å². The van der Waals surface area contributed by atoms with E-state index in [1.165, 1.54) is 30.2 Å². The molecule has 0 unspecified atom stereocenters. The van der Waals surface area contributed by atoms with Crippen molar-refractivity contribution in [2.75, 3.05) is 11.1 Å². The topological polar surface area (TPSA) is 112 Å². The van der Waals surface area contributed by atoms with Crippen molar-refractivity contribution in [3.8, 4) is 0 Å². The number of benzene rings is 2. The highest BCUT2D eigenvalue weighted by Crippen LogP contribution is 2.24. The number of carboxylic acids is 1. The molecular weight excluding hydrogens is 426 g/mol. The second-order valence-corrected chi connectivity index (χ2v) is 7.90. The Morgan fingerprint density at radius 2 is 1.97 bits per heavy atom. The van der Waals surface area contributed by atoms with Gasteiger partial charge in [0.1, 0.15) is 0 Å². The minimum absolute atomic E-state index is 0.0921. The second-order valence-electron chi connectivity index (χ2n) is 6.36. The molecular formula is C21H18ClN3O4S. The fourth-order valence-electron chi connectivity index (χ4n) is 2.69. The molecule has 0 spiro atoms. The summed E-state index contributed by atoms with van der Waals surface area (Å²) in [5.41, 5.74) is 2.30. The third kappa shape index (κ3) is 5.71. The first-order valence-corrected chi connectivity index (χ1v) is 10.5. The van der Waals surface area contributed by atoms with Crippen LogP contribution in [0, 0.1) is 0 Å². The number of hydrogen-bond donors (Lipinski definition) is 3. The Labute approximate surface area is 181 Å². The number of amides is 1. The maximum atomic E-state index is 12.8.